The van der Waals surface area contributed by atoms with Gasteiger partial charge in [-0.2, -0.15) is 0 Å². The first-order chi connectivity index (χ1) is 13.1. The van der Waals surface area contributed by atoms with Gasteiger partial charge in [-0.3, -0.25) is 9.20 Å². The van der Waals surface area contributed by atoms with Crippen LogP contribution in [0.3, 0.4) is 0 Å². The van der Waals surface area contributed by atoms with Crippen LogP contribution in [0.15, 0.2) is 35.1 Å². The Morgan fingerprint density at radius 3 is 1.85 bits per heavy atom. The molecular formula is C24H38N2O. The molecule has 1 aromatic carbocycles. The molecule has 1 N–H and O–H groups in total. The second-order valence-corrected chi connectivity index (χ2v) is 5.52. The Morgan fingerprint density at radius 2 is 1.37 bits per heavy atom. The monoisotopic (exact) mass is 370 g/mol. The Morgan fingerprint density at radius 1 is 0.852 bits per heavy atom. The normalized spacial score (nSPS) is 9.41. The predicted molar refractivity (Wildman–Crippen MR) is 121 cm³/mol. The highest BCUT2D eigenvalue weighted by Crippen LogP contribution is 2.26. The summed E-state index contributed by atoms with van der Waals surface area (Å²) in [5, 5.41) is 0. The first kappa shape index (κ1) is 24.7. The summed E-state index contributed by atoms with van der Waals surface area (Å²) < 4.78 is 1.82. The molecule has 0 saturated heterocycles. The maximum Gasteiger partial charge on any atom is 0.259 e. The van der Waals surface area contributed by atoms with Crippen LogP contribution in [-0.2, 0) is 6.42 Å². The van der Waals surface area contributed by atoms with Crippen molar-refractivity contribution in [1.82, 2.24) is 9.38 Å². The number of aryl methyl sites for hydroxylation is 2. The molecule has 0 fully saturated rings. The molecule has 0 unspecified atom stereocenters. The average Bonchev–Trinajstić information content (AvgIpc) is 3.09. The predicted octanol–water partition coefficient (Wildman–Crippen LogP) is 6.86. The number of benzene rings is 1. The van der Waals surface area contributed by atoms with Crippen LogP contribution in [0.2, 0.25) is 0 Å². The molecule has 2 heterocycles. The van der Waals surface area contributed by atoms with Crippen LogP contribution in [0.4, 0.5) is 0 Å². The molecule has 2 aromatic heterocycles. The topological polar surface area (TPSA) is 37.3 Å². The number of imidazole rings is 1. The lowest BCUT2D eigenvalue weighted by Crippen LogP contribution is -2.19. The van der Waals surface area contributed by atoms with Crippen molar-refractivity contribution in [3.63, 3.8) is 0 Å². The van der Waals surface area contributed by atoms with Gasteiger partial charge in [0.2, 0.25) is 0 Å². The molecule has 0 saturated carbocycles. The Labute approximate surface area is 165 Å². The van der Waals surface area contributed by atoms with Crippen molar-refractivity contribution in [1.29, 1.82) is 0 Å². The molecule has 3 aromatic rings. The van der Waals surface area contributed by atoms with Crippen molar-refractivity contribution in [2.45, 2.75) is 75.7 Å². The molecule has 0 radical (unpaired) electrons. The van der Waals surface area contributed by atoms with Crippen LogP contribution in [0.5, 0.6) is 0 Å². The summed E-state index contributed by atoms with van der Waals surface area (Å²) in [4.78, 5) is 16.1. The minimum absolute atomic E-state index is 0.0793. The lowest BCUT2D eigenvalue weighted by atomic mass is 10.0. The lowest BCUT2D eigenvalue weighted by Gasteiger charge is -2.09. The average molecular weight is 371 g/mol. The van der Waals surface area contributed by atoms with E-state index in [4.69, 9.17) is 0 Å². The van der Waals surface area contributed by atoms with Gasteiger partial charge in [0.1, 0.15) is 5.65 Å². The second kappa shape index (κ2) is 12.2. The summed E-state index contributed by atoms with van der Waals surface area (Å²) in [6.07, 6.45) is 0.907. The van der Waals surface area contributed by atoms with Crippen LogP contribution in [0, 0.1) is 20.8 Å². The van der Waals surface area contributed by atoms with E-state index in [1.807, 2.05) is 84.9 Å². The summed E-state index contributed by atoms with van der Waals surface area (Å²) in [6, 6.07) is 10.2. The van der Waals surface area contributed by atoms with Gasteiger partial charge in [0.25, 0.3) is 5.56 Å². The molecule has 3 nitrogen and oxygen atoms in total. The molecule has 3 rings (SSSR count). The fraction of sp³-hybridized carbons (Fsp3) is 0.458. The second-order valence-electron chi connectivity index (χ2n) is 5.52. The number of nitrogens with zero attached hydrogens (tertiary/aromatic N) is 1. The van der Waals surface area contributed by atoms with Crippen molar-refractivity contribution in [3.05, 3.63) is 63.1 Å². The number of hydrogen-bond donors (Lipinski definition) is 1. The number of H-pyrrole nitrogens is 1. The summed E-state index contributed by atoms with van der Waals surface area (Å²) in [6.45, 7) is 20.1. The molecule has 0 aliphatic carbocycles. The first-order valence-corrected chi connectivity index (χ1v) is 10.3. The quantitative estimate of drug-likeness (QED) is 0.525. The maximum absolute atomic E-state index is 12.6. The van der Waals surface area contributed by atoms with Gasteiger partial charge in [-0.05, 0) is 43.9 Å². The zero-order chi connectivity index (χ0) is 21.1. The number of hydrogen-bond acceptors (Lipinski definition) is 1. The van der Waals surface area contributed by atoms with Crippen LogP contribution in [0.1, 0.15) is 70.9 Å². The van der Waals surface area contributed by atoms with E-state index in [-0.39, 0.29) is 5.56 Å². The summed E-state index contributed by atoms with van der Waals surface area (Å²) in [5.74, 6) is 0. The lowest BCUT2D eigenvalue weighted by molar-refractivity contribution is 0.976. The summed E-state index contributed by atoms with van der Waals surface area (Å²) in [7, 11) is 0. The highest BCUT2D eigenvalue weighted by molar-refractivity contribution is 5.68. The smallest absolute Gasteiger partial charge is 0.259 e. The van der Waals surface area contributed by atoms with Gasteiger partial charge >= 0.3 is 0 Å². The highest BCUT2D eigenvalue weighted by atomic mass is 16.1. The van der Waals surface area contributed by atoms with Crippen molar-refractivity contribution in [2.24, 2.45) is 0 Å². The minimum atomic E-state index is 0.0793. The highest BCUT2D eigenvalue weighted by Gasteiger charge is 2.17. The van der Waals surface area contributed by atoms with Gasteiger partial charge in [-0.1, -0.05) is 78.8 Å². The van der Waals surface area contributed by atoms with Crippen molar-refractivity contribution < 1.29 is 0 Å². The fourth-order valence-corrected chi connectivity index (χ4v) is 3.06. The summed E-state index contributed by atoms with van der Waals surface area (Å²) >= 11 is 0. The van der Waals surface area contributed by atoms with E-state index in [1.165, 1.54) is 5.56 Å². The number of nitrogens with one attached hydrogen (secondary N) is 1. The van der Waals surface area contributed by atoms with Crippen LogP contribution < -0.4 is 5.56 Å². The molecule has 0 amide bonds. The van der Waals surface area contributed by atoms with E-state index in [0.29, 0.717) is 0 Å². The van der Waals surface area contributed by atoms with Gasteiger partial charge in [-0.25, -0.2) is 0 Å². The van der Waals surface area contributed by atoms with Crippen molar-refractivity contribution in [3.8, 4) is 11.3 Å². The van der Waals surface area contributed by atoms with E-state index in [0.717, 1.165) is 40.1 Å². The Kier molecular flexibility index (Phi) is 11.1. The van der Waals surface area contributed by atoms with Gasteiger partial charge in [-0.15, -0.1) is 0 Å². The third-order valence-corrected chi connectivity index (χ3v) is 4.41. The third-order valence-electron chi connectivity index (χ3n) is 4.41. The van der Waals surface area contributed by atoms with Crippen molar-refractivity contribution >= 4 is 5.65 Å². The largest absolute Gasteiger partial charge is 0.339 e. The molecule has 0 spiro atoms. The zero-order valence-corrected chi connectivity index (χ0v) is 18.9. The molecular weight excluding hydrogens is 332 g/mol. The number of aromatic nitrogens is 2. The molecule has 27 heavy (non-hydrogen) atoms. The van der Waals surface area contributed by atoms with Gasteiger partial charge < -0.3 is 4.98 Å². The van der Waals surface area contributed by atoms with Crippen LogP contribution in [-0.4, -0.2) is 9.38 Å². The first-order valence-electron chi connectivity index (χ1n) is 10.3. The maximum atomic E-state index is 12.6. The zero-order valence-electron chi connectivity index (χ0n) is 18.9. The number of aromatic amines is 1. The van der Waals surface area contributed by atoms with Gasteiger partial charge in [0, 0.05) is 11.3 Å². The van der Waals surface area contributed by atoms with Gasteiger partial charge in [0.15, 0.2) is 0 Å². The Balaban J connectivity index is 0.00000103. The van der Waals surface area contributed by atoms with E-state index < -0.39 is 0 Å². The number of fused-ring (bicyclic) bond motifs is 1. The Bertz CT molecular complexity index is 871. The number of rotatable bonds is 2. The third kappa shape index (κ3) is 4.91. The standard InChI is InChI=1S/C18H20N2O.3C2H6/c1-5-15-11(2)12(3)18(21)20-13(4)16(19-17(15)20)14-9-7-6-8-10-14;3*1-2/h6-10,19H,5H2,1-4H3;3*1-2H3. The van der Waals surface area contributed by atoms with Gasteiger partial charge in [0.05, 0.1) is 5.69 Å². The summed E-state index contributed by atoms with van der Waals surface area (Å²) in [5.41, 5.74) is 7.27. The molecule has 0 aliphatic rings. The number of pyridine rings is 1. The van der Waals surface area contributed by atoms with Crippen LogP contribution >= 0.6 is 0 Å². The SMILES string of the molecule is CC.CC.CC.CCc1c(C)c(C)c(=O)n2c(C)c(-c3ccccc3)[nH]c12. The van der Waals surface area contributed by atoms with E-state index in [2.05, 4.69) is 24.0 Å². The molecule has 0 aliphatic heterocycles. The molecule has 0 atom stereocenters. The molecule has 3 heteroatoms. The molecule has 150 valence electrons. The van der Waals surface area contributed by atoms with E-state index in [1.54, 1.807) is 0 Å². The Hall–Kier alpha value is -2.29. The van der Waals surface area contributed by atoms with E-state index in [9.17, 15) is 4.79 Å². The minimum Gasteiger partial charge on any atom is -0.339 e. The van der Waals surface area contributed by atoms with Crippen molar-refractivity contribution in [2.75, 3.05) is 0 Å². The van der Waals surface area contributed by atoms with E-state index >= 15 is 0 Å². The molecule has 0 bridgehead atoms. The van der Waals surface area contributed by atoms with Crippen LogP contribution in [0.25, 0.3) is 16.9 Å². The fourth-order valence-electron chi connectivity index (χ4n) is 3.06.